The molecule has 0 saturated heterocycles. The van der Waals surface area contributed by atoms with E-state index in [0.29, 0.717) is 0 Å². The molecule has 0 heteroatoms. The minimum Gasteiger partial charge on any atom is -0.0651 e. The molecule has 4 unspecified atom stereocenters. The molecule has 0 nitrogen and oxygen atoms in total. The van der Waals surface area contributed by atoms with Crippen LogP contribution in [0.3, 0.4) is 0 Å². The summed E-state index contributed by atoms with van der Waals surface area (Å²) in [5.41, 5.74) is 0. The van der Waals surface area contributed by atoms with Gasteiger partial charge in [0.05, 0.1) is 0 Å². The molecule has 0 rings (SSSR count). The summed E-state index contributed by atoms with van der Waals surface area (Å²) in [7, 11) is 0. The van der Waals surface area contributed by atoms with E-state index in [1.165, 1.54) is 32.1 Å². The molecule has 0 radical (unpaired) electrons. The lowest BCUT2D eigenvalue weighted by Crippen LogP contribution is -2.12. The van der Waals surface area contributed by atoms with Crippen LogP contribution in [0.15, 0.2) is 0 Å². The highest BCUT2D eigenvalue weighted by Crippen LogP contribution is 2.26. The van der Waals surface area contributed by atoms with Gasteiger partial charge in [0.15, 0.2) is 0 Å². The molecule has 0 fully saturated rings. The van der Waals surface area contributed by atoms with Gasteiger partial charge >= 0.3 is 0 Å². The maximum Gasteiger partial charge on any atom is -0.0414 e. The summed E-state index contributed by atoms with van der Waals surface area (Å²) in [5.74, 6) is 3.64. The van der Waals surface area contributed by atoms with Crippen LogP contribution >= 0.6 is 0 Å². The molecule has 0 saturated carbocycles. The van der Waals surface area contributed by atoms with Gasteiger partial charge in [-0.3, -0.25) is 0 Å². The zero-order valence-corrected chi connectivity index (χ0v) is 11.8. The van der Waals surface area contributed by atoms with Crippen molar-refractivity contribution in [3.63, 3.8) is 0 Å². The van der Waals surface area contributed by atoms with E-state index in [9.17, 15) is 0 Å². The number of hydrogen-bond donors (Lipinski definition) is 0. The Balaban J connectivity index is 3.73. The lowest BCUT2D eigenvalue weighted by molar-refractivity contribution is 0.278. The van der Waals surface area contributed by atoms with Crippen molar-refractivity contribution in [2.45, 2.75) is 73.6 Å². The third-order valence-corrected chi connectivity index (χ3v) is 4.25. The fourth-order valence-corrected chi connectivity index (χ4v) is 2.07. The van der Waals surface area contributed by atoms with E-state index in [4.69, 9.17) is 0 Å². The van der Waals surface area contributed by atoms with Crippen molar-refractivity contribution in [2.24, 2.45) is 23.7 Å². The Morgan fingerprint density at radius 2 is 1.20 bits per heavy atom. The Hall–Kier alpha value is 0. The van der Waals surface area contributed by atoms with Gasteiger partial charge in [0.1, 0.15) is 0 Å². The van der Waals surface area contributed by atoms with Crippen LogP contribution in [0.1, 0.15) is 73.6 Å². The van der Waals surface area contributed by atoms with Gasteiger partial charge < -0.3 is 0 Å². The molecule has 0 aliphatic heterocycles. The first-order valence-corrected chi connectivity index (χ1v) is 7.01. The summed E-state index contributed by atoms with van der Waals surface area (Å²) >= 11 is 0. The normalized spacial score (nSPS) is 19.6. The molecule has 0 aromatic heterocycles. The van der Waals surface area contributed by atoms with Gasteiger partial charge in [0.2, 0.25) is 0 Å². The summed E-state index contributed by atoms with van der Waals surface area (Å²) in [6.07, 6.45) is 6.93. The number of hydrogen-bond acceptors (Lipinski definition) is 0. The molecule has 4 atom stereocenters. The number of rotatable bonds is 8. The first kappa shape index (κ1) is 15.0. The average molecular weight is 212 g/mol. The topological polar surface area (TPSA) is 0 Å². The fourth-order valence-electron chi connectivity index (χ4n) is 2.07. The Labute approximate surface area is 97.8 Å². The van der Waals surface area contributed by atoms with E-state index < -0.39 is 0 Å². The van der Waals surface area contributed by atoms with Crippen molar-refractivity contribution in [3.05, 3.63) is 0 Å². The van der Waals surface area contributed by atoms with Crippen molar-refractivity contribution < 1.29 is 0 Å². The molecule has 0 spiro atoms. The summed E-state index contributed by atoms with van der Waals surface area (Å²) in [5, 5.41) is 0. The second-order valence-electron chi connectivity index (χ2n) is 5.79. The molecule has 0 aliphatic rings. The minimum atomic E-state index is 0.906. The van der Waals surface area contributed by atoms with Crippen LogP contribution in [-0.4, -0.2) is 0 Å². The molecule has 0 aromatic carbocycles. The monoisotopic (exact) mass is 212 g/mol. The van der Waals surface area contributed by atoms with Gasteiger partial charge in [0.25, 0.3) is 0 Å². The third kappa shape index (κ3) is 6.98. The second-order valence-corrected chi connectivity index (χ2v) is 5.79. The maximum atomic E-state index is 2.44. The summed E-state index contributed by atoms with van der Waals surface area (Å²) in [6, 6.07) is 0. The quantitative estimate of drug-likeness (QED) is 0.497. The largest absolute Gasteiger partial charge is 0.0651 e. The predicted molar refractivity (Wildman–Crippen MR) is 71.1 cm³/mol. The van der Waals surface area contributed by atoms with E-state index in [2.05, 4.69) is 41.5 Å². The predicted octanol–water partition coefficient (Wildman–Crippen LogP) is 5.52. The molecule has 0 aromatic rings. The first-order valence-electron chi connectivity index (χ1n) is 7.01. The maximum absolute atomic E-state index is 2.44. The Morgan fingerprint density at radius 1 is 0.667 bits per heavy atom. The molecule has 0 heterocycles. The van der Waals surface area contributed by atoms with Gasteiger partial charge in [-0.05, 0) is 30.1 Å². The summed E-state index contributed by atoms with van der Waals surface area (Å²) < 4.78 is 0. The van der Waals surface area contributed by atoms with Crippen LogP contribution in [0.25, 0.3) is 0 Å². The van der Waals surface area contributed by atoms with Gasteiger partial charge in [0, 0.05) is 0 Å². The van der Waals surface area contributed by atoms with Crippen LogP contribution in [-0.2, 0) is 0 Å². The standard InChI is InChI=1S/C15H32/c1-7-12(3)9-10-14(5)15(6)11-13(4)8-2/h12-15H,7-11H2,1-6H3. The smallest absolute Gasteiger partial charge is 0.0414 e. The first-order chi connectivity index (χ1) is 7.01. The lowest BCUT2D eigenvalue weighted by Gasteiger charge is -2.23. The van der Waals surface area contributed by atoms with Crippen molar-refractivity contribution in [2.75, 3.05) is 0 Å². The summed E-state index contributed by atoms with van der Waals surface area (Å²) in [6.45, 7) is 14.3. The Kier molecular flexibility index (Phi) is 8.19. The highest BCUT2D eigenvalue weighted by atomic mass is 14.2. The van der Waals surface area contributed by atoms with E-state index in [-0.39, 0.29) is 0 Å². The van der Waals surface area contributed by atoms with Crippen LogP contribution in [0, 0.1) is 23.7 Å². The highest BCUT2D eigenvalue weighted by Gasteiger charge is 2.15. The Morgan fingerprint density at radius 3 is 1.67 bits per heavy atom. The van der Waals surface area contributed by atoms with Gasteiger partial charge in [-0.2, -0.15) is 0 Å². The van der Waals surface area contributed by atoms with Crippen molar-refractivity contribution in [3.8, 4) is 0 Å². The third-order valence-electron chi connectivity index (χ3n) is 4.25. The van der Waals surface area contributed by atoms with E-state index in [0.717, 1.165) is 23.7 Å². The molecule has 0 amide bonds. The molecule has 15 heavy (non-hydrogen) atoms. The second kappa shape index (κ2) is 8.19. The van der Waals surface area contributed by atoms with Crippen LogP contribution < -0.4 is 0 Å². The van der Waals surface area contributed by atoms with E-state index in [1.807, 2.05) is 0 Å². The van der Waals surface area contributed by atoms with Gasteiger partial charge in [-0.1, -0.05) is 67.2 Å². The highest BCUT2D eigenvalue weighted by molar-refractivity contribution is 4.66. The van der Waals surface area contributed by atoms with Crippen LogP contribution in [0.2, 0.25) is 0 Å². The lowest BCUT2D eigenvalue weighted by atomic mass is 9.83. The van der Waals surface area contributed by atoms with Crippen LogP contribution in [0.4, 0.5) is 0 Å². The SMILES string of the molecule is CCC(C)CCC(C)C(C)CC(C)CC. The molecular formula is C15H32. The average Bonchev–Trinajstić information content (AvgIpc) is 2.24. The molecule has 0 bridgehead atoms. The van der Waals surface area contributed by atoms with Crippen LogP contribution in [0.5, 0.6) is 0 Å². The molecule has 0 N–H and O–H groups in total. The minimum absolute atomic E-state index is 0.906. The zero-order chi connectivity index (χ0) is 11.8. The summed E-state index contributed by atoms with van der Waals surface area (Å²) in [4.78, 5) is 0. The fraction of sp³-hybridized carbons (Fsp3) is 1.00. The van der Waals surface area contributed by atoms with Crippen molar-refractivity contribution >= 4 is 0 Å². The van der Waals surface area contributed by atoms with E-state index in [1.54, 1.807) is 0 Å². The van der Waals surface area contributed by atoms with Crippen molar-refractivity contribution in [1.29, 1.82) is 0 Å². The van der Waals surface area contributed by atoms with Crippen molar-refractivity contribution in [1.82, 2.24) is 0 Å². The van der Waals surface area contributed by atoms with Gasteiger partial charge in [-0.15, -0.1) is 0 Å². The Bertz CT molecular complexity index is 139. The molecule has 92 valence electrons. The van der Waals surface area contributed by atoms with Gasteiger partial charge in [-0.25, -0.2) is 0 Å². The van der Waals surface area contributed by atoms with E-state index >= 15 is 0 Å². The molecular weight excluding hydrogens is 180 g/mol. The zero-order valence-electron chi connectivity index (χ0n) is 11.8. The molecule has 0 aliphatic carbocycles.